The number of anilines is 2. The zero-order chi connectivity index (χ0) is 22.2. The third kappa shape index (κ3) is 7.09. The number of amides is 4. The summed E-state index contributed by atoms with van der Waals surface area (Å²) in [5.74, 6) is -0.343. The normalized spacial score (nSPS) is 15.8. The summed E-state index contributed by atoms with van der Waals surface area (Å²) in [7, 11) is 0. The van der Waals surface area contributed by atoms with E-state index in [9.17, 15) is 18.8 Å². The first kappa shape index (κ1) is 22.3. The molecule has 1 saturated heterocycles. The molecule has 0 radical (unpaired) electrons. The quantitative estimate of drug-likeness (QED) is 0.661. The van der Waals surface area contributed by atoms with Crippen LogP contribution in [0.2, 0.25) is 0 Å². The summed E-state index contributed by atoms with van der Waals surface area (Å²) in [4.78, 5) is 37.7. The van der Waals surface area contributed by atoms with Crippen molar-refractivity contribution in [1.29, 1.82) is 0 Å². The lowest BCUT2D eigenvalue weighted by molar-refractivity contribution is -0.132. The van der Waals surface area contributed by atoms with Gasteiger partial charge in [-0.25, -0.2) is 9.18 Å². The van der Waals surface area contributed by atoms with Crippen LogP contribution in [-0.4, -0.2) is 42.4 Å². The van der Waals surface area contributed by atoms with E-state index in [1.165, 1.54) is 25.1 Å². The van der Waals surface area contributed by atoms with Crippen LogP contribution in [0.25, 0.3) is 0 Å². The van der Waals surface area contributed by atoms with Crippen molar-refractivity contribution in [3.8, 4) is 0 Å². The Kier molecular flexibility index (Phi) is 7.59. The maximum atomic E-state index is 13.2. The fourth-order valence-electron chi connectivity index (χ4n) is 3.63. The number of urea groups is 1. The average molecular weight is 426 g/mol. The van der Waals surface area contributed by atoms with Gasteiger partial charge in [-0.1, -0.05) is 18.2 Å². The molecule has 1 aliphatic heterocycles. The molecule has 3 N–H and O–H groups in total. The van der Waals surface area contributed by atoms with Crippen molar-refractivity contribution in [2.75, 3.05) is 30.3 Å². The second-order valence-corrected chi connectivity index (χ2v) is 7.75. The molecule has 2 aromatic carbocycles. The van der Waals surface area contributed by atoms with Crippen LogP contribution in [0.1, 0.15) is 25.3 Å². The van der Waals surface area contributed by atoms with Gasteiger partial charge in [0, 0.05) is 37.9 Å². The van der Waals surface area contributed by atoms with Gasteiger partial charge in [0.25, 0.3) is 0 Å². The standard InChI is InChI=1S/C23H27FN4O3/c1-16(29)26-20-9-7-17(8-10-20)12-22(30)28-11-3-4-18(15-28)14-25-23(31)27-21-6-2-5-19(24)13-21/h2,5-10,13,18H,3-4,11-12,14-15H2,1H3,(H,26,29)(H2,25,27,31). The van der Waals surface area contributed by atoms with E-state index in [2.05, 4.69) is 16.0 Å². The van der Waals surface area contributed by atoms with Crippen molar-refractivity contribution in [3.05, 3.63) is 59.9 Å². The molecule has 4 amide bonds. The molecule has 3 rings (SSSR count). The van der Waals surface area contributed by atoms with Crippen molar-refractivity contribution in [2.45, 2.75) is 26.2 Å². The molecular weight excluding hydrogens is 399 g/mol. The highest BCUT2D eigenvalue weighted by Gasteiger charge is 2.24. The number of hydrogen-bond donors (Lipinski definition) is 3. The molecule has 8 heteroatoms. The highest BCUT2D eigenvalue weighted by Crippen LogP contribution is 2.18. The number of carbonyl (C=O) groups is 3. The van der Waals surface area contributed by atoms with Gasteiger partial charge < -0.3 is 20.9 Å². The average Bonchev–Trinajstić information content (AvgIpc) is 2.73. The van der Waals surface area contributed by atoms with E-state index < -0.39 is 11.8 Å². The molecule has 1 aliphatic rings. The SMILES string of the molecule is CC(=O)Nc1ccc(CC(=O)N2CCCC(CNC(=O)Nc3cccc(F)c3)C2)cc1. The zero-order valence-electron chi connectivity index (χ0n) is 17.5. The first-order valence-corrected chi connectivity index (χ1v) is 10.3. The molecule has 1 unspecified atom stereocenters. The zero-order valence-corrected chi connectivity index (χ0v) is 17.5. The highest BCUT2D eigenvalue weighted by atomic mass is 19.1. The van der Waals surface area contributed by atoms with Gasteiger partial charge in [0.15, 0.2) is 0 Å². The number of likely N-dealkylation sites (tertiary alicyclic amines) is 1. The van der Waals surface area contributed by atoms with Gasteiger partial charge in [-0.3, -0.25) is 9.59 Å². The number of piperidine rings is 1. The summed E-state index contributed by atoms with van der Waals surface area (Å²) in [6.07, 6.45) is 2.10. The van der Waals surface area contributed by atoms with Crippen LogP contribution >= 0.6 is 0 Å². The molecule has 1 atom stereocenters. The summed E-state index contributed by atoms with van der Waals surface area (Å²) >= 11 is 0. The van der Waals surface area contributed by atoms with Gasteiger partial charge in [0.05, 0.1) is 6.42 Å². The number of benzene rings is 2. The third-order valence-corrected chi connectivity index (χ3v) is 5.14. The lowest BCUT2D eigenvalue weighted by Crippen LogP contribution is -2.44. The minimum Gasteiger partial charge on any atom is -0.342 e. The lowest BCUT2D eigenvalue weighted by Gasteiger charge is -2.33. The van der Waals surface area contributed by atoms with Crippen molar-refractivity contribution in [2.24, 2.45) is 5.92 Å². The molecule has 0 saturated carbocycles. The number of hydrogen-bond acceptors (Lipinski definition) is 3. The van der Waals surface area contributed by atoms with Gasteiger partial charge in [0.1, 0.15) is 5.82 Å². The Hall–Kier alpha value is -3.42. The minimum absolute atomic E-state index is 0.0428. The molecule has 1 heterocycles. The summed E-state index contributed by atoms with van der Waals surface area (Å²) < 4.78 is 13.2. The van der Waals surface area contributed by atoms with Crippen LogP contribution in [0.5, 0.6) is 0 Å². The summed E-state index contributed by atoms with van der Waals surface area (Å²) in [6, 6.07) is 12.6. The predicted molar refractivity (Wildman–Crippen MR) is 117 cm³/mol. The predicted octanol–water partition coefficient (Wildman–Crippen LogP) is 3.39. The second kappa shape index (κ2) is 10.6. The first-order valence-electron chi connectivity index (χ1n) is 10.3. The third-order valence-electron chi connectivity index (χ3n) is 5.14. The van der Waals surface area contributed by atoms with Crippen LogP contribution in [0, 0.1) is 11.7 Å². The monoisotopic (exact) mass is 426 g/mol. The molecule has 0 aromatic heterocycles. The van der Waals surface area contributed by atoms with Crippen molar-refractivity contribution in [1.82, 2.24) is 10.2 Å². The highest BCUT2D eigenvalue weighted by molar-refractivity contribution is 5.89. The molecule has 0 aliphatic carbocycles. The van der Waals surface area contributed by atoms with Crippen molar-refractivity contribution < 1.29 is 18.8 Å². The Labute approximate surface area is 181 Å². The van der Waals surface area contributed by atoms with E-state index >= 15 is 0 Å². The summed E-state index contributed by atoms with van der Waals surface area (Å²) in [5, 5.41) is 8.12. The fourth-order valence-corrected chi connectivity index (χ4v) is 3.63. The van der Waals surface area contributed by atoms with E-state index in [4.69, 9.17) is 0 Å². The van der Waals surface area contributed by atoms with Gasteiger partial charge >= 0.3 is 6.03 Å². The smallest absolute Gasteiger partial charge is 0.319 e. The second-order valence-electron chi connectivity index (χ2n) is 7.75. The Morgan fingerprint density at radius 1 is 1.06 bits per heavy atom. The lowest BCUT2D eigenvalue weighted by atomic mass is 9.97. The minimum atomic E-state index is -0.413. The number of carbonyl (C=O) groups excluding carboxylic acids is 3. The van der Waals surface area contributed by atoms with Crippen LogP contribution in [0.4, 0.5) is 20.6 Å². The van der Waals surface area contributed by atoms with E-state index in [1.54, 1.807) is 18.2 Å². The van der Waals surface area contributed by atoms with E-state index in [1.807, 2.05) is 17.0 Å². The van der Waals surface area contributed by atoms with E-state index in [-0.39, 0.29) is 17.7 Å². The first-order chi connectivity index (χ1) is 14.9. The van der Waals surface area contributed by atoms with Crippen LogP contribution in [0.3, 0.4) is 0 Å². The van der Waals surface area contributed by atoms with Gasteiger partial charge in [-0.05, 0) is 54.7 Å². The molecule has 164 valence electrons. The molecule has 0 spiro atoms. The molecule has 31 heavy (non-hydrogen) atoms. The molecule has 0 bridgehead atoms. The number of rotatable bonds is 6. The van der Waals surface area contributed by atoms with E-state index in [0.29, 0.717) is 37.4 Å². The van der Waals surface area contributed by atoms with Crippen LogP contribution in [-0.2, 0) is 16.0 Å². The largest absolute Gasteiger partial charge is 0.342 e. The number of halogens is 1. The van der Waals surface area contributed by atoms with Gasteiger partial charge in [0.2, 0.25) is 11.8 Å². The summed E-state index contributed by atoms with van der Waals surface area (Å²) in [5.41, 5.74) is 1.97. The van der Waals surface area contributed by atoms with Gasteiger partial charge in [-0.15, -0.1) is 0 Å². The maximum Gasteiger partial charge on any atom is 0.319 e. The summed E-state index contributed by atoms with van der Waals surface area (Å²) in [6.45, 7) is 3.18. The van der Waals surface area contributed by atoms with Crippen LogP contribution < -0.4 is 16.0 Å². The van der Waals surface area contributed by atoms with Crippen LogP contribution in [0.15, 0.2) is 48.5 Å². The van der Waals surface area contributed by atoms with E-state index in [0.717, 1.165) is 18.4 Å². The Morgan fingerprint density at radius 3 is 2.55 bits per heavy atom. The molecule has 7 nitrogen and oxygen atoms in total. The van der Waals surface area contributed by atoms with Gasteiger partial charge in [-0.2, -0.15) is 0 Å². The Bertz CT molecular complexity index is 933. The molecule has 2 aromatic rings. The van der Waals surface area contributed by atoms with Crippen molar-refractivity contribution in [3.63, 3.8) is 0 Å². The molecule has 1 fully saturated rings. The number of nitrogens with zero attached hydrogens (tertiary/aromatic N) is 1. The topological polar surface area (TPSA) is 90.5 Å². The maximum absolute atomic E-state index is 13.2. The Morgan fingerprint density at radius 2 is 1.84 bits per heavy atom. The fraction of sp³-hybridized carbons (Fsp3) is 0.348. The molecular formula is C23H27FN4O3. The Balaban J connectivity index is 1.45. The number of nitrogens with one attached hydrogen (secondary N) is 3. The van der Waals surface area contributed by atoms with Crippen molar-refractivity contribution >= 4 is 29.2 Å².